The maximum atomic E-state index is 13.1. The van der Waals surface area contributed by atoms with E-state index >= 15 is 0 Å². The molecule has 0 spiro atoms. The first-order valence-electron chi connectivity index (χ1n) is 9.63. The van der Waals surface area contributed by atoms with E-state index in [2.05, 4.69) is 14.5 Å². The van der Waals surface area contributed by atoms with Gasteiger partial charge in [-0.2, -0.15) is 0 Å². The molecule has 0 atom stereocenters. The van der Waals surface area contributed by atoms with Crippen molar-refractivity contribution in [1.82, 2.24) is 9.62 Å². The summed E-state index contributed by atoms with van der Waals surface area (Å²) in [6.07, 6.45) is 0. The summed E-state index contributed by atoms with van der Waals surface area (Å²) >= 11 is 0. The van der Waals surface area contributed by atoms with E-state index in [0.717, 1.165) is 31.9 Å². The number of fused-ring (bicyclic) bond motifs is 1. The van der Waals surface area contributed by atoms with Crippen molar-refractivity contribution in [2.75, 3.05) is 57.4 Å². The molecule has 2 aromatic rings. The molecule has 0 aliphatic carbocycles. The molecule has 0 saturated carbocycles. The quantitative estimate of drug-likeness (QED) is 0.766. The molecule has 2 aromatic carbocycles. The molecular formula is C20H24FN3O4S. The normalized spacial score (nSPS) is 17.3. The Morgan fingerprint density at radius 1 is 0.931 bits per heavy atom. The molecule has 0 aromatic heterocycles. The lowest BCUT2D eigenvalue weighted by molar-refractivity contribution is 0.171. The van der Waals surface area contributed by atoms with E-state index in [1.807, 2.05) is 0 Å². The van der Waals surface area contributed by atoms with Gasteiger partial charge in [-0.15, -0.1) is 0 Å². The maximum absolute atomic E-state index is 13.1. The number of hydrogen-bond acceptors (Lipinski definition) is 6. The minimum absolute atomic E-state index is 0.169. The number of hydrogen-bond donors (Lipinski definition) is 1. The third kappa shape index (κ3) is 4.80. The average molecular weight is 421 g/mol. The van der Waals surface area contributed by atoms with Crippen LogP contribution in [0.25, 0.3) is 0 Å². The van der Waals surface area contributed by atoms with Crippen molar-refractivity contribution in [3.8, 4) is 11.5 Å². The molecule has 1 saturated heterocycles. The number of halogens is 1. The molecule has 7 nitrogen and oxygen atoms in total. The summed E-state index contributed by atoms with van der Waals surface area (Å²) in [6.45, 7) is 5.11. The number of benzene rings is 2. The first-order chi connectivity index (χ1) is 14.0. The molecule has 0 unspecified atom stereocenters. The van der Waals surface area contributed by atoms with Gasteiger partial charge in [-0.3, -0.25) is 4.90 Å². The average Bonchev–Trinajstić information content (AvgIpc) is 2.74. The number of nitrogens with zero attached hydrogens (tertiary/aromatic N) is 2. The first-order valence-corrected chi connectivity index (χ1v) is 11.1. The van der Waals surface area contributed by atoms with Gasteiger partial charge in [0.05, 0.1) is 4.90 Å². The fourth-order valence-corrected chi connectivity index (χ4v) is 4.53. The summed E-state index contributed by atoms with van der Waals surface area (Å²) in [6, 6.07) is 11.1. The number of rotatable bonds is 6. The predicted octanol–water partition coefficient (Wildman–Crippen LogP) is 1.70. The Hall–Kier alpha value is -2.36. The zero-order valence-electron chi connectivity index (χ0n) is 16.0. The SMILES string of the molecule is O=S(=O)(NCCN1CCN(c2ccc(F)cc2)CC1)c1ccc2c(c1)OCCO2. The molecule has 4 rings (SSSR count). The van der Waals surface area contributed by atoms with Crippen LogP contribution in [-0.4, -0.2) is 65.8 Å². The highest BCUT2D eigenvalue weighted by Gasteiger charge is 2.21. The molecule has 2 heterocycles. The summed E-state index contributed by atoms with van der Waals surface area (Å²) in [5.74, 6) is 0.781. The summed E-state index contributed by atoms with van der Waals surface area (Å²) in [5.41, 5.74) is 1.00. The molecule has 0 radical (unpaired) electrons. The molecule has 156 valence electrons. The van der Waals surface area contributed by atoms with Crippen LogP contribution in [0.3, 0.4) is 0 Å². The summed E-state index contributed by atoms with van der Waals surface area (Å²) in [5, 5.41) is 0. The molecule has 1 N–H and O–H groups in total. The van der Waals surface area contributed by atoms with Crippen molar-refractivity contribution >= 4 is 15.7 Å². The van der Waals surface area contributed by atoms with Crippen LogP contribution in [0.2, 0.25) is 0 Å². The number of piperazine rings is 1. The third-order valence-corrected chi connectivity index (χ3v) is 6.57. The number of sulfonamides is 1. The number of nitrogens with one attached hydrogen (secondary N) is 1. The van der Waals surface area contributed by atoms with Gasteiger partial charge in [-0.05, 0) is 36.4 Å². The standard InChI is InChI=1S/C20H24FN3O4S/c21-16-1-3-17(4-2-16)24-11-9-23(10-12-24)8-7-22-29(25,26)18-5-6-19-20(15-18)28-14-13-27-19/h1-6,15,22H,7-14H2. The Morgan fingerprint density at radius 3 is 2.34 bits per heavy atom. The molecular weight excluding hydrogens is 397 g/mol. The van der Waals surface area contributed by atoms with Gasteiger partial charge in [0.1, 0.15) is 19.0 Å². The van der Waals surface area contributed by atoms with Gasteiger partial charge in [0.25, 0.3) is 0 Å². The minimum Gasteiger partial charge on any atom is -0.486 e. The topological polar surface area (TPSA) is 71.1 Å². The van der Waals surface area contributed by atoms with Crippen molar-refractivity contribution in [2.24, 2.45) is 0 Å². The van der Waals surface area contributed by atoms with Gasteiger partial charge in [0.15, 0.2) is 11.5 Å². The van der Waals surface area contributed by atoms with E-state index in [4.69, 9.17) is 9.47 Å². The van der Waals surface area contributed by atoms with Crippen LogP contribution in [-0.2, 0) is 10.0 Å². The van der Waals surface area contributed by atoms with Gasteiger partial charge in [-0.1, -0.05) is 0 Å². The van der Waals surface area contributed by atoms with Crippen molar-refractivity contribution < 1.29 is 22.3 Å². The lowest BCUT2D eigenvalue weighted by Crippen LogP contribution is -2.48. The second-order valence-electron chi connectivity index (χ2n) is 7.01. The van der Waals surface area contributed by atoms with Crippen LogP contribution in [0.1, 0.15) is 0 Å². The van der Waals surface area contributed by atoms with Gasteiger partial charge >= 0.3 is 0 Å². The van der Waals surface area contributed by atoms with E-state index < -0.39 is 10.0 Å². The Morgan fingerprint density at radius 2 is 1.62 bits per heavy atom. The van der Waals surface area contributed by atoms with E-state index in [9.17, 15) is 12.8 Å². The Balaban J connectivity index is 1.26. The molecule has 0 bridgehead atoms. The fraction of sp³-hybridized carbons (Fsp3) is 0.400. The van der Waals surface area contributed by atoms with Gasteiger partial charge in [0, 0.05) is 51.0 Å². The van der Waals surface area contributed by atoms with Crippen LogP contribution in [0.4, 0.5) is 10.1 Å². The van der Waals surface area contributed by atoms with Crippen LogP contribution >= 0.6 is 0 Å². The molecule has 0 amide bonds. The second kappa shape index (κ2) is 8.56. The van der Waals surface area contributed by atoms with Crippen LogP contribution in [0.5, 0.6) is 11.5 Å². The molecule has 29 heavy (non-hydrogen) atoms. The molecule has 9 heteroatoms. The van der Waals surface area contributed by atoms with Crippen molar-refractivity contribution in [1.29, 1.82) is 0 Å². The monoisotopic (exact) mass is 421 g/mol. The van der Waals surface area contributed by atoms with Crippen molar-refractivity contribution in [3.63, 3.8) is 0 Å². The van der Waals surface area contributed by atoms with Gasteiger partial charge in [0.2, 0.25) is 10.0 Å². The lowest BCUT2D eigenvalue weighted by Gasteiger charge is -2.36. The third-order valence-electron chi connectivity index (χ3n) is 5.11. The van der Waals surface area contributed by atoms with E-state index in [1.165, 1.54) is 24.3 Å². The van der Waals surface area contributed by atoms with Crippen LogP contribution < -0.4 is 19.1 Å². The van der Waals surface area contributed by atoms with Crippen LogP contribution in [0.15, 0.2) is 47.4 Å². The summed E-state index contributed by atoms with van der Waals surface area (Å²) in [4.78, 5) is 4.59. The van der Waals surface area contributed by atoms with E-state index in [0.29, 0.717) is 37.8 Å². The lowest BCUT2D eigenvalue weighted by atomic mass is 10.2. The highest BCUT2D eigenvalue weighted by Crippen LogP contribution is 2.32. The molecule has 2 aliphatic heterocycles. The van der Waals surface area contributed by atoms with E-state index in [-0.39, 0.29) is 10.7 Å². The summed E-state index contributed by atoms with van der Waals surface area (Å²) in [7, 11) is -3.61. The maximum Gasteiger partial charge on any atom is 0.240 e. The highest BCUT2D eigenvalue weighted by atomic mass is 32.2. The van der Waals surface area contributed by atoms with Gasteiger partial charge in [-0.25, -0.2) is 17.5 Å². The number of ether oxygens (including phenoxy) is 2. The first kappa shape index (κ1) is 19.9. The Kier molecular flexibility index (Phi) is 5.89. The smallest absolute Gasteiger partial charge is 0.240 e. The highest BCUT2D eigenvalue weighted by molar-refractivity contribution is 7.89. The zero-order chi connectivity index (χ0) is 20.3. The largest absolute Gasteiger partial charge is 0.486 e. The van der Waals surface area contributed by atoms with E-state index in [1.54, 1.807) is 18.2 Å². The predicted molar refractivity (Wildman–Crippen MR) is 108 cm³/mol. The molecule has 1 fully saturated rings. The van der Waals surface area contributed by atoms with Crippen molar-refractivity contribution in [3.05, 3.63) is 48.3 Å². The van der Waals surface area contributed by atoms with Crippen LogP contribution in [0, 0.1) is 5.82 Å². The Labute approximate surface area is 170 Å². The second-order valence-corrected chi connectivity index (χ2v) is 8.78. The Bertz CT molecular complexity index is 945. The van der Waals surface area contributed by atoms with Gasteiger partial charge < -0.3 is 14.4 Å². The minimum atomic E-state index is -3.61. The summed E-state index contributed by atoms with van der Waals surface area (Å²) < 4.78 is 51.7. The fourth-order valence-electron chi connectivity index (χ4n) is 3.49. The zero-order valence-corrected chi connectivity index (χ0v) is 16.8. The van der Waals surface area contributed by atoms with Crippen molar-refractivity contribution in [2.45, 2.75) is 4.90 Å². The molecule has 2 aliphatic rings. The number of anilines is 1.